The molecule has 4 aromatic rings. The minimum absolute atomic E-state index is 0.0172. The van der Waals surface area contributed by atoms with Crippen molar-refractivity contribution in [1.82, 2.24) is 9.03 Å². The van der Waals surface area contributed by atoms with Crippen LogP contribution in [0.1, 0.15) is 0 Å². The van der Waals surface area contributed by atoms with Crippen molar-refractivity contribution in [3.63, 3.8) is 0 Å². The van der Waals surface area contributed by atoms with Gasteiger partial charge in [0, 0.05) is 13.1 Å². The van der Waals surface area contributed by atoms with E-state index < -0.39 is 53.5 Å². The van der Waals surface area contributed by atoms with Crippen LogP contribution in [0.3, 0.4) is 0 Å². The highest BCUT2D eigenvalue weighted by molar-refractivity contribution is 7.92. The zero-order valence-electron chi connectivity index (χ0n) is 20.1. The van der Waals surface area contributed by atoms with Gasteiger partial charge in [0.05, 0.1) is 33.4 Å². The molecule has 2 atom stereocenters. The van der Waals surface area contributed by atoms with Crippen molar-refractivity contribution >= 4 is 51.4 Å². The maximum atomic E-state index is 13.7. The molecule has 5 rings (SSSR count). The van der Waals surface area contributed by atoms with Gasteiger partial charge in [0.25, 0.3) is 0 Å². The number of sulfone groups is 1. The van der Waals surface area contributed by atoms with Crippen molar-refractivity contribution in [2.24, 2.45) is 0 Å². The summed E-state index contributed by atoms with van der Waals surface area (Å²) in [4.78, 5) is -0.0614. The highest BCUT2D eigenvalue weighted by Gasteiger charge is 2.44. The second-order valence-electron chi connectivity index (χ2n) is 9.24. The Morgan fingerprint density at radius 1 is 0.763 bits per heavy atom. The van der Waals surface area contributed by atoms with Crippen LogP contribution in [0.25, 0.3) is 21.5 Å². The van der Waals surface area contributed by atoms with E-state index in [9.17, 15) is 30.4 Å². The summed E-state index contributed by atoms with van der Waals surface area (Å²) in [6.45, 7) is -0.704. The first kappa shape index (κ1) is 26.7. The molecule has 2 N–H and O–H groups in total. The quantitative estimate of drug-likeness (QED) is 0.329. The number of rotatable bonds is 8. The average molecular weight is 575 g/mol. The lowest BCUT2D eigenvalue weighted by Gasteiger charge is -2.29. The molecule has 1 fully saturated rings. The van der Waals surface area contributed by atoms with Gasteiger partial charge < -0.3 is 5.11 Å². The third kappa shape index (κ3) is 5.33. The Bertz CT molecular complexity index is 1840. The molecule has 0 unspecified atom stereocenters. The summed E-state index contributed by atoms with van der Waals surface area (Å²) in [5, 5.41) is 13.6. The second kappa shape index (κ2) is 10.0. The first-order valence-corrected chi connectivity index (χ1v) is 16.6. The Hall–Kier alpha value is -2.87. The molecular formula is C26H26N2O7S3. The number of hydrogen-bond donors (Lipinski definition) is 2. The predicted molar refractivity (Wildman–Crippen MR) is 145 cm³/mol. The molecule has 0 bridgehead atoms. The van der Waals surface area contributed by atoms with Crippen molar-refractivity contribution in [3.8, 4) is 0 Å². The maximum absolute atomic E-state index is 13.7. The Labute approximate surface area is 221 Å². The number of benzene rings is 4. The molecule has 1 heterocycles. The molecule has 38 heavy (non-hydrogen) atoms. The summed E-state index contributed by atoms with van der Waals surface area (Å²) in [7, 11) is -12.0. The zero-order valence-corrected chi connectivity index (χ0v) is 22.6. The lowest BCUT2D eigenvalue weighted by molar-refractivity contribution is 0.128. The number of aliphatic hydroxyl groups is 1. The van der Waals surface area contributed by atoms with E-state index in [1.54, 1.807) is 36.4 Å². The Morgan fingerprint density at radius 3 is 1.84 bits per heavy atom. The first-order chi connectivity index (χ1) is 18.0. The van der Waals surface area contributed by atoms with Gasteiger partial charge in [-0.05, 0) is 45.8 Å². The SMILES string of the molecule is O=S1(=O)C[C@@H](O)[C@H](N(CCNS(=O)(=O)c2ccc3ccccc3c2)S(=O)(=O)c2ccc3ccccc3c2)C1. The Balaban J connectivity index is 1.43. The lowest BCUT2D eigenvalue weighted by Crippen LogP contribution is -2.49. The molecule has 0 radical (unpaired) electrons. The first-order valence-electron chi connectivity index (χ1n) is 11.8. The molecule has 0 aliphatic carbocycles. The molecule has 1 aliphatic heterocycles. The van der Waals surface area contributed by atoms with E-state index in [4.69, 9.17) is 0 Å². The highest BCUT2D eigenvalue weighted by atomic mass is 32.2. The van der Waals surface area contributed by atoms with Gasteiger partial charge >= 0.3 is 0 Å². The lowest BCUT2D eigenvalue weighted by atomic mass is 10.1. The van der Waals surface area contributed by atoms with Crippen LogP contribution < -0.4 is 4.72 Å². The smallest absolute Gasteiger partial charge is 0.243 e. The standard InChI is InChI=1S/C26H26N2O7S3/c29-26-18-36(30,31)17-25(26)28(38(34,35)24-12-10-20-6-2-4-8-22(20)16-24)14-13-27-37(32,33)23-11-9-19-5-1-3-7-21(19)15-23/h1-12,15-16,25-27,29H,13-14,17-18H2/t25-,26-/m1/s1. The van der Waals surface area contributed by atoms with E-state index in [1.165, 1.54) is 24.3 Å². The van der Waals surface area contributed by atoms with Gasteiger partial charge in [-0.3, -0.25) is 0 Å². The van der Waals surface area contributed by atoms with Gasteiger partial charge in [0.15, 0.2) is 9.84 Å². The van der Waals surface area contributed by atoms with Crippen molar-refractivity contribution in [3.05, 3.63) is 84.9 Å². The molecule has 4 aromatic carbocycles. The molecule has 0 saturated carbocycles. The van der Waals surface area contributed by atoms with E-state index in [-0.39, 0.29) is 22.9 Å². The van der Waals surface area contributed by atoms with Gasteiger partial charge in [-0.2, -0.15) is 4.31 Å². The summed E-state index contributed by atoms with van der Waals surface area (Å²) in [5.41, 5.74) is 0. The van der Waals surface area contributed by atoms with Crippen LogP contribution >= 0.6 is 0 Å². The summed E-state index contributed by atoms with van der Waals surface area (Å²) < 4.78 is 81.2. The average Bonchev–Trinajstić information content (AvgIpc) is 3.17. The second-order valence-corrected chi connectivity index (χ2v) is 15.1. The fourth-order valence-electron chi connectivity index (χ4n) is 4.72. The molecular weight excluding hydrogens is 548 g/mol. The van der Waals surface area contributed by atoms with Crippen molar-refractivity contribution in [2.45, 2.75) is 21.9 Å². The predicted octanol–water partition coefficient (Wildman–Crippen LogP) is 2.12. The van der Waals surface area contributed by atoms with Crippen LogP contribution in [0.4, 0.5) is 0 Å². The minimum atomic E-state index is -4.30. The molecule has 1 aliphatic rings. The van der Waals surface area contributed by atoms with Gasteiger partial charge in [0.2, 0.25) is 20.0 Å². The monoisotopic (exact) mass is 574 g/mol. The summed E-state index contributed by atoms with van der Waals surface area (Å²) >= 11 is 0. The largest absolute Gasteiger partial charge is 0.390 e. The van der Waals surface area contributed by atoms with Gasteiger partial charge in [-0.15, -0.1) is 0 Å². The number of fused-ring (bicyclic) bond motifs is 2. The number of aliphatic hydroxyl groups excluding tert-OH is 1. The molecule has 1 saturated heterocycles. The Morgan fingerprint density at radius 2 is 1.29 bits per heavy atom. The number of nitrogens with one attached hydrogen (secondary N) is 1. The van der Waals surface area contributed by atoms with Gasteiger partial charge in [0.1, 0.15) is 0 Å². The normalized spacial score (nSPS) is 19.8. The fourth-order valence-corrected chi connectivity index (χ4v) is 9.36. The topological polar surface area (TPSA) is 138 Å². The summed E-state index contributed by atoms with van der Waals surface area (Å²) in [6, 6.07) is 22.4. The van der Waals surface area contributed by atoms with Crippen LogP contribution in [0, 0.1) is 0 Å². The summed E-state index contributed by atoms with van der Waals surface area (Å²) in [6.07, 6.45) is -1.44. The van der Waals surface area contributed by atoms with E-state index >= 15 is 0 Å². The van der Waals surface area contributed by atoms with E-state index in [0.29, 0.717) is 5.39 Å². The van der Waals surface area contributed by atoms with Crippen molar-refractivity contribution in [2.75, 3.05) is 24.6 Å². The molecule has 0 aromatic heterocycles. The maximum Gasteiger partial charge on any atom is 0.243 e. The minimum Gasteiger partial charge on any atom is -0.390 e. The van der Waals surface area contributed by atoms with Crippen LogP contribution in [0.5, 0.6) is 0 Å². The van der Waals surface area contributed by atoms with Gasteiger partial charge in [-0.1, -0.05) is 60.7 Å². The van der Waals surface area contributed by atoms with Crippen LogP contribution in [0.2, 0.25) is 0 Å². The molecule has 9 nitrogen and oxygen atoms in total. The highest BCUT2D eigenvalue weighted by Crippen LogP contribution is 2.27. The van der Waals surface area contributed by atoms with Gasteiger partial charge in [-0.25, -0.2) is 30.0 Å². The fraction of sp³-hybridized carbons (Fsp3) is 0.231. The number of nitrogens with zero attached hydrogens (tertiary/aromatic N) is 1. The van der Waals surface area contributed by atoms with Crippen LogP contribution in [0.15, 0.2) is 94.7 Å². The van der Waals surface area contributed by atoms with Crippen LogP contribution in [-0.4, -0.2) is 71.4 Å². The molecule has 200 valence electrons. The van der Waals surface area contributed by atoms with Crippen molar-refractivity contribution < 1.29 is 30.4 Å². The third-order valence-electron chi connectivity index (χ3n) is 6.65. The molecule has 12 heteroatoms. The molecule has 0 spiro atoms. The van der Waals surface area contributed by atoms with E-state index in [0.717, 1.165) is 20.5 Å². The van der Waals surface area contributed by atoms with Crippen molar-refractivity contribution in [1.29, 1.82) is 0 Å². The zero-order chi connectivity index (χ0) is 27.1. The third-order valence-corrected chi connectivity index (χ3v) is 11.7. The van der Waals surface area contributed by atoms with E-state index in [1.807, 2.05) is 24.3 Å². The van der Waals surface area contributed by atoms with Crippen LogP contribution in [-0.2, 0) is 29.9 Å². The summed E-state index contributed by atoms with van der Waals surface area (Å²) in [5.74, 6) is -1.12. The number of hydrogen-bond acceptors (Lipinski definition) is 7. The molecule has 0 amide bonds. The number of sulfonamides is 2. The van der Waals surface area contributed by atoms with E-state index in [2.05, 4.69) is 4.72 Å². The Kier molecular flexibility index (Phi) is 7.05.